The molecule has 0 aliphatic carbocycles. The first-order chi connectivity index (χ1) is 14.8. The van der Waals surface area contributed by atoms with E-state index < -0.39 is 0 Å². The van der Waals surface area contributed by atoms with Crippen LogP contribution in [0, 0.1) is 0 Å². The summed E-state index contributed by atoms with van der Waals surface area (Å²) in [6.45, 7) is 3.53. The molecule has 2 N–H and O–H groups in total. The number of nitrogens with one attached hydrogen (secondary N) is 2. The van der Waals surface area contributed by atoms with E-state index in [4.69, 9.17) is 4.98 Å². The van der Waals surface area contributed by atoms with Gasteiger partial charge in [0.2, 0.25) is 5.95 Å². The third kappa shape index (κ3) is 4.11. The Morgan fingerprint density at radius 3 is 2.73 bits per heavy atom. The number of thiophene rings is 1. The molecule has 1 amide bonds. The molecule has 5 heterocycles. The molecule has 2 fully saturated rings. The molecule has 0 saturated carbocycles. The number of anilines is 1. The van der Waals surface area contributed by atoms with Crippen molar-refractivity contribution in [3.63, 3.8) is 0 Å². The molecule has 30 heavy (non-hydrogen) atoms. The van der Waals surface area contributed by atoms with Crippen LogP contribution in [-0.2, 0) is 0 Å². The minimum Gasteiger partial charge on any atom is -0.360 e. The number of amides is 1. The summed E-state index contributed by atoms with van der Waals surface area (Å²) < 4.78 is 0. The number of carbonyl (C=O) groups excluding carboxylic acids is 1. The lowest BCUT2D eigenvalue weighted by Crippen LogP contribution is -2.48. The third-order valence-corrected chi connectivity index (χ3v) is 6.83. The normalized spacial score (nSPS) is 20.1. The van der Waals surface area contributed by atoms with Crippen molar-refractivity contribution < 1.29 is 4.79 Å². The Labute approximate surface area is 180 Å². The lowest BCUT2D eigenvalue weighted by atomic mass is 10.0. The molecule has 0 aromatic carbocycles. The highest BCUT2D eigenvalue weighted by molar-refractivity contribution is 7.12. The molecule has 3 aromatic heterocycles. The number of hydrogen-bond donors (Lipinski definition) is 2. The van der Waals surface area contributed by atoms with Crippen molar-refractivity contribution >= 4 is 23.2 Å². The molecule has 1 atom stereocenters. The summed E-state index contributed by atoms with van der Waals surface area (Å²) >= 11 is 1.52. The fourth-order valence-corrected chi connectivity index (χ4v) is 5.05. The maximum absolute atomic E-state index is 12.5. The van der Waals surface area contributed by atoms with Crippen molar-refractivity contribution in [1.82, 2.24) is 25.2 Å². The predicted octanol–water partition coefficient (Wildman–Crippen LogP) is 3.01. The number of likely N-dealkylation sites (tertiary alicyclic amines) is 1. The Morgan fingerprint density at radius 1 is 1.10 bits per heavy atom. The molecule has 5 rings (SSSR count). The Kier molecular flexibility index (Phi) is 5.50. The summed E-state index contributed by atoms with van der Waals surface area (Å²) in [5, 5.41) is 5.78. The minimum atomic E-state index is 0.176. The first-order valence-corrected chi connectivity index (χ1v) is 11.4. The van der Waals surface area contributed by atoms with Crippen LogP contribution < -0.4 is 10.2 Å². The third-order valence-electron chi connectivity index (χ3n) is 5.97. The lowest BCUT2D eigenvalue weighted by Gasteiger charge is -2.33. The smallest absolute Gasteiger partial charge is 0.263 e. The van der Waals surface area contributed by atoms with Crippen molar-refractivity contribution in [2.75, 3.05) is 31.1 Å². The molecule has 8 heteroatoms. The largest absolute Gasteiger partial charge is 0.360 e. The van der Waals surface area contributed by atoms with E-state index in [1.54, 1.807) is 0 Å². The number of H-pyrrole nitrogens is 1. The molecule has 2 aliphatic rings. The molecule has 0 radical (unpaired) electrons. The van der Waals surface area contributed by atoms with Crippen LogP contribution in [0.15, 0.2) is 48.1 Å². The van der Waals surface area contributed by atoms with E-state index in [-0.39, 0.29) is 5.91 Å². The number of hydrogen-bond acceptors (Lipinski definition) is 6. The van der Waals surface area contributed by atoms with Gasteiger partial charge in [-0.3, -0.25) is 4.79 Å². The van der Waals surface area contributed by atoms with E-state index in [1.807, 2.05) is 53.0 Å². The first kappa shape index (κ1) is 19.3. The monoisotopic (exact) mass is 422 g/mol. The summed E-state index contributed by atoms with van der Waals surface area (Å²) in [4.78, 5) is 30.1. The van der Waals surface area contributed by atoms with Gasteiger partial charge < -0.3 is 20.1 Å². The summed E-state index contributed by atoms with van der Waals surface area (Å²) in [5.74, 6) is 0.970. The second-order valence-electron chi connectivity index (χ2n) is 7.97. The number of piperidine rings is 1. The standard InChI is InChI=1S/C22H26N6OS/c29-21(20-4-2-14-30-20)27-11-6-16(7-12-27)25-17-8-13-28(15-17)22-24-10-5-19(26-22)18-3-1-9-23-18/h1-5,9-10,14,16-17,23,25H,6-8,11-13,15H2. The highest BCUT2D eigenvalue weighted by atomic mass is 32.1. The lowest BCUT2D eigenvalue weighted by molar-refractivity contribution is 0.0707. The van der Waals surface area contributed by atoms with Crippen LogP contribution in [0.5, 0.6) is 0 Å². The van der Waals surface area contributed by atoms with Crippen molar-refractivity contribution in [3.05, 3.63) is 53.0 Å². The van der Waals surface area contributed by atoms with Crippen LogP contribution in [0.1, 0.15) is 28.9 Å². The topological polar surface area (TPSA) is 77.2 Å². The first-order valence-electron chi connectivity index (χ1n) is 10.6. The number of carbonyl (C=O) groups is 1. The maximum Gasteiger partial charge on any atom is 0.263 e. The zero-order valence-electron chi connectivity index (χ0n) is 16.8. The Morgan fingerprint density at radius 2 is 1.97 bits per heavy atom. The van der Waals surface area contributed by atoms with Crippen molar-refractivity contribution in [2.24, 2.45) is 0 Å². The molecule has 1 unspecified atom stereocenters. The average Bonchev–Trinajstić information content (AvgIpc) is 3.57. The molecule has 0 bridgehead atoms. The van der Waals surface area contributed by atoms with Crippen molar-refractivity contribution in [1.29, 1.82) is 0 Å². The van der Waals surface area contributed by atoms with E-state index in [0.29, 0.717) is 12.1 Å². The van der Waals surface area contributed by atoms with Crippen LogP contribution in [0.4, 0.5) is 5.95 Å². The van der Waals surface area contributed by atoms with Gasteiger partial charge in [-0.15, -0.1) is 11.3 Å². The Hall–Kier alpha value is -2.71. The van der Waals surface area contributed by atoms with Gasteiger partial charge in [-0.1, -0.05) is 6.07 Å². The molecule has 0 spiro atoms. The molecular weight excluding hydrogens is 396 g/mol. The SMILES string of the molecule is O=C(c1cccs1)N1CCC(NC2CCN(c3nccc(-c4ccc[nH]4)n3)C2)CC1. The number of aromatic nitrogens is 3. The van der Waals surface area contributed by atoms with Crippen LogP contribution in [0.25, 0.3) is 11.4 Å². The van der Waals surface area contributed by atoms with Gasteiger partial charge >= 0.3 is 0 Å². The van der Waals surface area contributed by atoms with E-state index in [1.165, 1.54) is 11.3 Å². The molecule has 3 aromatic rings. The van der Waals surface area contributed by atoms with Crippen molar-refractivity contribution in [3.8, 4) is 11.4 Å². The van der Waals surface area contributed by atoms with Gasteiger partial charge in [-0.25, -0.2) is 9.97 Å². The van der Waals surface area contributed by atoms with Crippen LogP contribution >= 0.6 is 11.3 Å². The molecule has 7 nitrogen and oxygen atoms in total. The number of rotatable bonds is 5. The van der Waals surface area contributed by atoms with Gasteiger partial charge in [0.25, 0.3) is 5.91 Å². The van der Waals surface area contributed by atoms with E-state index in [0.717, 1.165) is 67.7 Å². The summed E-state index contributed by atoms with van der Waals surface area (Å²) in [6.07, 6.45) is 6.84. The number of aromatic amines is 1. The zero-order chi connectivity index (χ0) is 20.3. The maximum atomic E-state index is 12.5. The van der Waals surface area contributed by atoms with Gasteiger partial charge in [0.15, 0.2) is 0 Å². The molecular formula is C22H26N6OS. The van der Waals surface area contributed by atoms with E-state index >= 15 is 0 Å². The van der Waals surface area contributed by atoms with Crippen LogP contribution in [0.2, 0.25) is 0 Å². The number of nitrogens with zero attached hydrogens (tertiary/aromatic N) is 4. The summed E-state index contributed by atoms with van der Waals surface area (Å²) in [5.41, 5.74) is 1.93. The average molecular weight is 423 g/mol. The van der Waals surface area contributed by atoms with Gasteiger partial charge in [0, 0.05) is 50.7 Å². The quantitative estimate of drug-likeness (QED) is 0.661. The zero-order valence-corrected chi connectivity index (χ0v) is 17.6. The Balaban J connectivity index is 1.13. The van der Waals surface area contributed by atoms with E-state index in [9.17, 15) is 4.79 Å². The fourth-order valence-electron chi connectivity index (χ4n) is 4.36. The molecule has 2 saturated heterocycles. The fraction of sp³-hybridized carbons (Fsp3) is 0.409. The second kappa shape index (κ2) is 8.57. The summed E-state index contributed by atoms with van der Waals surface area (Å²) in [7, 11) is 0. The van der Waals surface area contributed by atoms with Crippen LogP contribution in [-0.4, -0.2) is 64.0 Å². The highest BCUT2D eigenvalue weighted by Crippen LogP contribution is 2.22. The van der Waals surface area contributed by atoms with Gasteiger partial charge in [0.05, 0.1) is 16.3 Å². The van der Waals surface area contributed by atoms with Crippen molar-refractivity contribution in [2.45, 2.75) is 31.3 Å². The van der Waals surface area contributed by atoms with E-state index in [2.05, 4.69) is 20.2 Å². The minimum absolute atomic E-state index is 0.176. The summed E-state index contributed by atoms with van der Waals surface area (Å²) in [6, 6.07) is 10.7. The van der Waals surface area contributed by atoms with Gasteiger partial charge in [-0.05, 0) is 48.9 Å². The Bertz CT molecular complexity index is 965. The van der Waals surface area contributed by atoms with Gasteiger partial charge in [-0.2, -0.15) is 0 Å². The predicted molar refractivity (Wildman–Crippen MR) is 119 cm³/mol. The van der Waals surface area contributed by atoms with Gasteiger partial charge in [0.1, 0.15) is 0 Å². The second-order valence-corrected chi connectivity index (χ2v) is 8.92. The highest BCUT2D eigenvalue weighted by Gasteiger charge is 2.29. The molecule has 156 valence electrons. The molecule has 2 aliphatic heterocycles. The van der Waals surface area contributed by atoms with Crippen LogP contribution in [0.3, 0.4) is 0 Å².